The molecule has 2 aromatic heterocycles. The van der Waals surface area contributed by atoms with Crippen LogP contribution in [0.1, 0.15) is 11.6 Å². The lowest BCUT2D eigenvalue weighted by Gasteiger charge is -2.08. The molecule has 0 spiro atoms. The van der Waals surface area contributed by atoms with Gasteiger partial charge in [0.1, 0.15) is 6.04 Å². The zero-order chi connectivity index (χ0) is 14.1. The normalized spacial score (nSPS) is 12.5. The lowest BCUT2D eigenvalue weighted by molar-refractivity contribution is -0.117. The molecule has 1 atom stereocenters. The summed E-state index contributed by atoms with van der Waals surface area (Å²) in [5.41, 5.74) is 8.19. The molecule has 7 heteroatoms. The monoisotopic (exact) mass is 270 g/mol. The number of imidazole rings is 1. The minimum absolute atomic E-state index is 0.336. The van der Waals surface area contributed by atoms with Crippen molar-refractivity contribution in [2.24, 2.45) is 12.8 Å². The van der Waals surface area contributed by atoms with Gasteiger partial charge in [0.2, 0.25) is 11.9 Å². The second-order valence-corrected chi connectivity index (χ2v) is 4.52. The third-order valence-corrected chi connectivity index (χ3v) is 3.00. The smallest absolute Gasteiger partial charge is 0.248 e. The number of H-pyrrole nitrogens is 1. The number of para-hydroxylation sites is 2. The summed E-state index contributed by atoms with van der Waals surface area (Å²) >= 11 is 0. The van der Waals surface area contributed by atoms with Crippen LogP contribution in [-0.2, 0) is 11.8 Å². The molecule has 0 aliphatic carbocycles. The number of anilines is 1. The summed E-state index contributed by atoms with van der Waals surface area (Å²) in [5.74, 6) is 0.0487. The van der Waals surface area contributed by atoms with E-state index in [1.54, 1.807) is 24.1 Å². The highest BCUT2D eigenvalue weighted by atomic mass is 16.2. The number of carbonyl (C=O) groups is 1. The third kappa shape index (κ3) is 2.26. The van der Waals surface area contributed by atoms with Crippen molar-refractivity contribution in [2.75, 3.05) is 5.32 Å². The van der Waals surface area contributed by atoms with E-state index in [9.17, 15) is 4.79 Å². The lowest BCUT2D eigenvalue weighted by Crippen LogP contribution is -2.27. The predicted octanol–water partition coefficient (Wildman–Crippen LogP) is 0.935. The number of hydrogen-bond acceptors (Lipinski definition) is 4. The molecule has 0 saturated heterocycles. The summed E-state index contributed by atoms with van der Waals surface area (Å²) in [6, 6.07) is 6.75. The van der Waals surface area contributed by atoms with Crippen molar-refractivity contribution in [1.82, 2.24) is 19.7 Å². The summed E-state index contributed by atoms with van der Waals surface area (Å²) < 4.78 is 1.60. The second-order valence-electron chi connectivity index (χ2n) is 4.52. The molecule has 0 radical (unpaired) electrons. The van der Waals surface area contributed by atoms with Crippen molar-refractivity contribution in [2.45, 2.75) is 6.04 Å². The number of aryl methyl sites for hydroxylation is 1. The van der Waals surface area contributed by atoms with Crippen LogP contribution in [-0.4, -0.2) is 25.7 Å². The van der Waals surface area contributed by atoms with Crippen LogP contribution in [0.15, 0.2) is 36.7 Å². The van der Waals surface area contributed by atoms with Gasteiger partial charge >= 0.3 is 0 Å². The highest BCUT2D eigenvalue weighted by molar-refractivity contribution is 5.95. The van der Waals surface area contributed by atoms with Gasteiger partial charge in [0.05, 0.1) is 17.2 Å². The number of rotatable bonds is 3. The Bertz CT molecular complexity index is 726. The Balaban J connectivity index is 1.78. The topological polar surface area (TPSA) is 102 Å². The number of aromatic nitrogens is 4. The Labute approximate surface area is 114 Å². The van der Waals surface area contributed by atoms with Crippen LogP contribution in [0.3, 0.4) is 0 Å². The van der Waals surface area contributed by atoms with Crippen molar-refractivity contribution in [3.8, 4) is 0 Å². The fourth-order valence-electron chi connectivity index (χ4n) is 1.96. The van der Waals surface area contributed by atoms with Gasteiger partial charge in [0.15, 0.2) is 0 Å². The lowest BCUT2D eigenvalue weighted by atomic mass is 10.1. The van der Waals surface area contributed by atoms with Crippen LogP contribution in [0.2, 0.25) is 0 Å². The molecule has 20 heavy (non-hydrogen) atoms. The Morgan fingerprint density at radius 3 is 2.95 bits per heavy atom. The van der Waals surface area contributed by atoms with Gasteiger partial charge in [-0.25, -0.2) is 4.98 Å². The van der Waals surface area contributed by atoms with Crippen LogP contribution >= 0.6 is 0 Å². The summed E-state index contributed by atoms with van der Waals surface area (Å²) in [7, 11) is 1.77. The van der Waals surface area contributed by atoms with E-state index in [2.05, 4.69) is 20.4 Å². The maximum Gasteiger partial charge on any atom is 0.248 e. The SMILES string of the molecule is Cn1cc(C(N)C(=O)Nc2nc3ccccc3[nH]2)cn1. The van der Waals surface area contributed by atoms with Crippen LogP contribution in [0, 0.1) is 0 Å². The summed E-state index contributed by atoms with van der Waals surface area (Å²) in [6.07, 6.45) is 3.28. The number of aromatic amines is 1. The van der Waals surface area contributed by atoms with Crippen LogP contribution in [0.4, 0.5) is 5.95 Å². The van der Waals surface area contributed by atoms with Crippen molar-refractivity contribution in [1.29, 1.82) is 0 Å². The first-order valence-corrected chi connectivity index (χ1v) is 6.13. The van der Waals surface area contributed by atoms with Crippen molar-refractivity contribution >= 4 is 22.9 Å². The highest BCUT2D eigenvalue weighted by Crippen LogP contribution is 2.15. The van der Waals surface area contributed by atoms with E-state index in [4.69, 9.17) is 5.73 Å². The van der Waals surface area contributed by atoms with Gasteiger partial charge in [-0.1, -0.05) is 12.1 Å². The fraction of sp³-hybridized carbons (Fsp3) is 0.154. The van der Waals surface area contributed by atoms with Crippen LogP contribution in [0.25, 0.3) is 11.0 Å². The standard InChI is InChI=1S/C13H14N6O/c1-19-7-8(6-15-19)11(14)12(20)18-13-16-9-4-2-3-5-10(9)17-13/h2-7,11H,14H2,1H3,(H2,16,17,18,20). The Morgan fingerprint density at radius 2 is 2.25 bits per heavy atom. The molecule has 2 heterocycles. The average molecular weight is 270 g/mol. The van der Waals surface area contributed by atoms with Crippen molar-refractivity contribution in [3.63, 3.8) is 0 Å². The molecule has 1 aromatic carbocycles. The highest BCUT2D eigenvalue weighted by Gasteiger charge is 2.18. The number of amides is 1. The maximum atomic E-state index is 12.1. The zero-order valence-corrected chi connectivity index (χ0v) is 10.9. The largest absolute Gasteiger partial charge is 0.324 e. The van der Waals surface area contributed by atoms with E-state index in [1.807, 2.05) is 24.3 Å². The molecule has 0 aliphatic rings. The molecule has 4 N–H and O–H groups in total. The number of nitrogens with one attached hydrogen (secondary N) is 2. The molecular formula is C13H14N6O. The molecule has 0 saturated carbocycles. The number of nitrogens with zero attached hydrogens (tertiary/aromatic N) is 3. The number of benzene rings is 1. The van der Waals surface area contributed by atoms with Gasteiger partial charge in [0.25, 0.3) is 0 Å². The van der Waals surface area contributed by atoms with Crippen LogP contribution < -0.4 is 11.1 Å². The van der Waals surface area contributed by atoms with Crippen LogP contribution in [0.5, 0.6) is 0 Å². The Hall–Kier alpha value is -2.67. The molecule has 0 aliphatic heterocycles. The molecule has 3 rings (SSSR count). The zero-order valence-electron chi connectivity index (χ0n) is 10.9. The number of nitrogens with two attached hydrogens (primary N) is 1. The predicted molar refractivity (Wildman–Crippen MR) is 74.9 cm³/mol. The minimum atomic E-state index is -0.781. The summed E-state index contributed by atoms with van der Waals surface area (Å²) in [5, 5.41) is 6.67. The third-order valence-electron chi connectivity index (χ3n) is 3.00. The van der Waals surface area contributed by atoms with Gasteiger partial charge < -0.3 is 10.7 Å². The maximum absolute atomic E-state index is 12.1. The number of carbonyl (C=O) groups excluding carboxylic acids is 1. The number of fused-ring (bicyclic) bond motifs is 1. The molecule has 102 valence electrons. The molecule has 3 aromatic rings. The molecule has 0 bridgehead atoms. The average Bonchev–Trinajstić information content (AvgIpc) is 3.03. The van der Waals surface area contributed by atoms with Gasteiger partial charge in [-0.3, -0.25) is 14.8 Å². The van der Waals surface area contributed by atoms with Gasteiger partial charge in [-0.05, 0) is 12.1 Å². The quantitative estimate of drug-likeness (QED) is 0.659. The first-order valence-electron chi connectivity index (χ1n) is 6.13. The Morgan fingerprint density at radius 1 is 1.45 bits per heavy atom. The van der Waals surface area contributed by atoms with E-state index in [0.29, 0.717) is 11.5 Å². The van der Waals surface area contributed by atoms with E-state index in [-0.39, 0.29) is 5.91 Å². The second kappa shape index (κ2) is 4.78. The molecule has 7 nitrogen and oxygen atoms in total. The van der Waals surface area contributed by atoms with E-state index >= 15 is 0 Å². The molecular weight excluding hydrogens is 256 g/mol. The molecule has 1 amide bonds. The fourth-order valence-corrected chi connectivity index (χ4v) is 1.96. The number of hydrogen-bond donors (Lipinski definition) is 3. The Kier molecular flexibility index (Phi) is 2.96. The van der Waals surface area contributed by atoms with Crippen molar-refractivity contribution in [3.05, 3.63) is 42.2 Å². The first kappa shape index (κ1) is 12.4. The van der Waals surface area contributed by atoms with Crippen molar-refractivity contribution < 1.29 is 4.79 Å². The first-order chi connectivity index (χ1) is 9.63. The minimum Gasteiger partial charge on any atom is -0.324 e. The van der Waals surface area contributed by atoms with E-state index in [0.717, 1.165) is 11.0 Å². The van der Waals surface area contributed by atoms with Gasteiger partial charge in [-0.15, -0.1) is 0 Å². The molecule has 0 fully saturated rings. The summed E-state index contributed by atoms with van der Waals surface area (Å²) in [6.45, 7) is 0. The van der Waals surface area contributed by atoms with E-state index in [1.165, 1.54) is 0 Å². The van der Waals surface area contributed by atoms with Gasteiger partial charge in [0, 0.05) is 18.8 Å². The van der Waals surface area contributed by atoms with Gasteiger partial charge in [-0.2, -0.15) is 5.10 Å². The molecule has 1 unspecified atom stereocenters. The summed E-state index contributed by atoms with van der Waals surface area (Å²) in [4.78, 5) is 19.4. The van der Waals surface area contributed by atoms with E-state index < -0.39 is 6.04 Å².